The number of aromatic nitrogens is 3. The fraction of sp³-hybridized carbons (Fsp3) is 0.640. The molecule has 2 aliphatic heterocycles. The van der Waals surface area contributed by atoms with Crippen LogP contribution in [0.3, 0.4) is 0 Å². The first-order chi connectivity index (χ1) is 16.7. The highest BCUT2D eigenvalue weighted by Gasteiger charge is 2.29. The summed E-state index contributed by atoms with van der Waals surface area (Å²) in [5, 5.41) is 4.11. The van der Waals surface area contributed by atoms with Crippen LogP contribution < -0.4 is 4.74 Å². The molecule has 0 amide bonds. The van der Waals surface area contributed by atoms with Crippen molar-refractivity contribution in [3.05, 3.63) is 41.3 Å². The molecule has 7 nitrogen and oxygen atoms in total. The Morgan fingerprint density at radius 2 is 2.06 bits per heavy atom. The van der Waals surface area contributed by atoms with Crippen LogP contribution in [0.4, 0.5) is 13.2 Å². The van der Waals surface area contributed by atoms with Crippen molar-refractivity contribution in [3.63, 3.8) is 0 Å². The first-order valence-electron chi connectivity index (χ1n) is 12.2. The monoisotopic (exact) mass is 494 g/mol. The summed E-state index contributed by atoms with van der Waals surface area (Å²) in [4.78, 5) is 19.0. The van der Waals surface area contributed by atoms with Gasteiger partial charge in [0.2, 0.25) is 5.88 Å². The average molecular weight is 495 g/mol. The minimum Gasteiger partial charge on any atom is -0.468 e. The van der Waals surface area contributed by atoms with Gasteiger partial charge in [-0.05, 0) is 42.7 Å². The Kier molecular flexibility index (Phi) is 8.43. The highest BCUT2D eigenvalue weighted by atomic mass is 19.4. The molecule has 0 aliphatic carbocycles. The normalized spacial score (nSPS) is 21.4. The molecule has 2 aromatic rings. The SMILES string of the molecule is Cn1cc(CC(=O)C[C@H]2CC[C@H](CCN3CCc4ccc(OCC(F)(F)F)nc4CC3)OC2)cn1. The summed E-state index contributed by atoms with van der Waals surface area (Å²) >= 11 is 0. The maximum absolute atomic E-state index is 12.4. The number of rotatable bonds is 9. The molecule has 0 saturated carbocycles. The van der Waals surface area contributed by atoms with Crippen molar-refractivity contribution in [2.75, 3.05) is 32.8 Å². The predicted molar refractivity (Wildman–Crippen MR) is 123 cm³/mol. The van der Waals surface area contributed by atoms with Crippen LogP contribution in [0, 0.1) is 5.92 Å². The lowest BCUT2D eigenvalue weighted by atomic mass is 9.91. The molecular formula is C25H33F3N4O3. The van der Waals surface area contributed by atoms with Crippen molar-refractivity contribution in [3.8, 4) is 5.88 Å². The predicted octanol–water partition coefficient (Wildman–Crippen LogP) is 3.54. The minimum atomic E-state index is -4.37. The number of aryl methyl sites for hydroxylation is 1. The van der Waals surface area contributed by atoms with Gasteiger partial charge in [0.25, 0.3) is 0 Å². The van der Waals surface area contributed by atoms with Crippen molar-refractivity contribution in [1.29, 1.82) is 0 Å². The van der Waals surface area contributed by atoms with Crippen LogP contribution in [-0.4, -0.2) is 70.6 Å². The zero-order valence-electron chi connectivity index (χ0n) is 20.1. The van der Waals surface area contributed by atoms with E-state index in [9.17, 15) is 18.0 Å². The highest BCUT2D eigenvalue weighted by molar-refractivity contribution is 5.80. The number of carbonyl (C=O) groups is 1. The van der Waals surface area contributed by atoms with Gasteiger partial charge < -0.3 is 14.4 Å². The first kappa shape index (κ1) is 25.6. The van der Waals surface area contributed by atoms with E-state index in [2.05, 4.69) is 15.0 Å². The molecule has 0 spiro atoms. The Bertz CT molecular complexity index is 987. The molecule has 0 bridgehead atoms. The van der Waals surface area contributed by atoms with Crippen LogP contribution in [-0.2, 0) is 35.8 Å². The third-order valence-corrected chi connectivity index (χ3v) is 6.70. The summed E-state index contributed by atoms with van der Waals surface area (Å²) in [5.41, 5.74) is 2.84. The third-order valence-electron chi connectivity index (χ3n) is 6.70. The number of Topliss-reactive ketones (excluding diaryl/α,β-unsaturated/α-hetero) is 1. The molecule has 0 aromatic carbocycles. The standard InChI is InChI=1S/C25H33F3N4O3/c1-31-15-19(14-29-31)13-21(33)12-18-2-4-22(34-16-18)7-10-32-9-6-20-3-5-24(30-23(20)8-11-32)35-17-25(26,27)28/h3,5,14-15,18,22H,2,4,6-13,16-17H2,1H3/t18-,22-/m1/s1. The van der Waals surface area contributed by atoms with E-state index in [1.165, 1.54) is 6.07 Å². The zero-order chi connectivity index (χ0) is 24.8. The van der Waals surface area contributed by atoms with Gasteiger partial charge in [0.15, 0.2) is 6.61 Å². The summed E-state index contributed by atoms with van der Waals surface area (Å²) in [7, 11) is 1.85. The Balaban J connectivity index is 1.16. The number of pyridine rings is 1. The molecule has 0 unspecified atom stereocenters. The summed E-state index contributed by atoms with van der Waals surface area (Å²) < 4.78 is 49.8. The van der Waals surface area contributed by atoms with Crippen LogP contribution >= 0.6 is 0 Å². The second kappa shape index (κ2) is 11.5. The number of carbonyl (C=O) groups excluding carboxylic acids is 1. The lowest BCUT2D eigenvalue weighted by molar-refractivity contribution is -0.154. The molecule has 0 N–H and O–H groups in total. The van der Waals surface area contributed by atoms with Gasteiger partial charge >= 0.3 is 6.18 Å². The number of alkyl halides is 3. The summed E-state index contributed by atoms with van der Waals surface area (Å²) in [6, 6.07) is 3.35. The molecule has 4 rings (SSSR count). The molecule has 2 aromatic heterocycles. The van der Waals surface area contributed by atoms with E-state index in [0.717, 1.165) is 62.1 Å². The number of fused-ring (bicyclic) bond motifs is 1. The third kappa shape index (κ3) is 8.03. The van der Waals surface area contributed by atoms with Gasteiger partial charge in [-0.25, -0.2) is 4.98 Å². The van der Waals surface area contributed by atoms with E-state index in [0.29, 0.717) is 25.9 Å². The number of hydrogen-bond acceptors (Lipinski definition) is 6. The number of ether oxygens (including phenoxy) is 2. The Labute approximate surface area is 203 Å². The quantitative estimate of drug-likeness (QED) is 0.531. The highest BCUT2D eigenvalue weighted by Crippen LogP contribution is 2.25. The van der Waals surface area contributed by atoms with Gasteiger partial charge in [0.05, 0.1) is 18.9 Å². The molecule has 0 radical (unpaired) electrons. The van der Waals surface area contributed by atoms with Crippen LogP contribution in [0.2, 0.25) is 0 Å². The van der Waals surface area contributed by atoms with Crippen molar-refractivity contribution >= 4 is 5.78 Å². The van der Waals surface area contributed by atoms with Crippen molar-refractivity contribution in [2.45, 2.75) is 57.2 Å². The Morgan fingerprint density at radius 3 is 2.77 bits per heavy atom. The summed E-state index contributed by atoms with van der Waals surface area (Å²) in [6.07, 6.45) is 4.81. The van der Waals surface area contributed by atoms with Crippen LogP contribution in [0.25, 0.3) is 0 Å². The van der Waals surface area contributed by atoms with Crippen molar-refractivity contribution in [1.82, 2.24) is 19.7 Å². The Morgan fingerprint density at radius 1 is 1.23 bits per heavy atom. The molecule has 1 fully saturated rings. The number of ketones is 1. The van der Waals surface area contributed by atoms with E-state index in [1.54, 1.807) is 10.9 Å². The lowest BCUT2D eigenvalue weighted by Gasteiger charge is -2.30. The van der Waals surface area contributed by atoms with E-state index in [-0.39, 0.29) is 23.7 Å². The summed E-state index contributed by atoms with van der Waals surface area (Å²) in [6.45, 7) is 1.89. The number of halogens is 3. The topological polar surface area (TPSA) is 69.5 Å². The van der Waals surface area contributed by atoms with Gasteiger partial charge in [0, 0.05) is 63.9 Å². The molecule has 2 aliphatic rings. The smallest absolute Gasteiger partial charge is 0.422 e. The fourth-order valence-corrected chi connectivity index (χ4v) is 4.83. The lowest BCUT2D eigenvalue weighted by Crippen LogP contribution is -2.33. The van der Waals surface area contributed by atoms with Crippen molar-refractivity contribution < 1.29 is 27.4 Å². The van der Waals surface area contributed by atoms with E-state index in [4.69, 9.17) is 9.47 Å². The molecular weight excluding hydrogens is 461 g/mol. The molecule has 1 saturated heterocycles. The van der Waals surface area contributed by atoms with Crippen LogP contribution in [0.1, 0.15) is 42.5 Å². The van der Waals surface area contributed by atoms with E-state index < -0.39 is 12.8 Å². The molecule has 10 heteroatoms. The van der Waals surface area contributed by atoms with Crippen LogP contribution in [0.15, 0.2) is 24.5 Å². The second-order valence-corrected chi connectivity index (χ2v) is 9.63. The molecule has 2 atom stereocenters. The molecule has 4 heterocycles. The maximum atomic E-state index is 12.4. The average Bonchev–Trinajstić information content (AvgIpc) is 3.10. The maximum Gasteiger partial charge on any atom is 0.422 e. The number of nitrogens with zero attached hydrogens (tertiary/aromatic N) is 4. The Hall–Kier alpha value is -2.46. The molecule has 192 valence electrons. The van der Waals surface area contributed by atoms with Gasteiger partial charge in [-0.15, -0.1) is 0 Å². The van der Waals surface area contributed by atoms with E-state index in [1.807, 2.05) is 19.3 Å². The van der Waals surface area contributed by atoms with Crippen LogP contribution in [0.5, 0.6) is 5.88 Å². The van der Waals surface area contributed by atoms with Gasteiger partial charge in [-0.3, -0.25) is 9.48 Å². The summed E-state index contributed by atoms with van der Waals surface area (Å²) in [5.74, 6) is 0.538. The van der Waals surface area contributed by atoms with Gasteiger partial charge in [-0.2, -0.15) is 18.3 Å². The van der Waals surface area contributed by atoms with E-state index >= 15 is 0 Å². The van der Waals surface area contributed by atoms with Gasteiger partial charge in [-0.1, -0.05) is 6.07 Å². The first-order valence-corrected chi connectivity index (χ1v) is 12.2. The van der Waals surface area contributed by atoms with Gasteiger partial charge in [0.1, 0.15) is 5.78 Å². The second-order valence-electron chi connectivity index (χ2n) is 9.63. The fourth-order valence-electron chi connectivity index (χ4n) is 4.83. The number of hydrogen-bond donors (Lipinski definition) is 0. The zero-order valence-corrected chi connectivity index (χ0v) is 20.1. The largest absolute Gasteiger partial charge is 0.468 e. The minimum absolute atomic E-state index is 0.0265. The van der Waals surface area contributed by atoms with Crippen molar-refractivity contribution in [2.24, 2.45) is 13.0 Å². The molecule has 35 heavy (non-hydrogen) atoms.